The van der Waals surface area contributed by atoms with E-state index in [1.54, 1.807) is 0 Å². The van der Waals surface area contributed by atoms with Crippen molar-refractivity contribution in [2.24, 2.45) is 10.8 Å². The Kier molecular flexibility index (Phi) is 5.57. The second kappa shape index (κ2) is 6.42. The van der Waals surface area contributed by atoms with Crippen LogP contribution in [-0.2, 0) is 4.74 Å². The Bertz CT molecular complexity index is 741. The van der Waals surface area contributed by atoms with Crippen molar-refractivity contribution in [2.45, 2.75) is 41.5 Å². The smallest absolute Gasteiger partial charge is 0.869 e. The van der Waals surface area contributed by atoms with E-state index in [9.17, 15) is 14.7 Å². The van der Waals surface area contributed by atoms with Gasteiger partial charge in [-0.25, -0.2) is 0 Å². The van der Waals surface area contributed by atoms with Crippen molar-refractivity contribution < 1.29 is 39.4 Å². The molecule has 0 amide bonds. The van der Waals surface area contributed by atoms with Crippen molar-refractivity contribution in [1.82, 2.24) is 0 Å². The standard InChI is InChI=1S/C18H22O4.Na/c1-17(2,3)12-8-10(9-13(22-12)18(4,5)6)7-11-14(19)16(21)15(11)20;/h7-9,19H,1-6H3;/q;+1/p-1. The van der Waals surface area contributed by atoms with Gasteiger partial charge < -0.3 is 9.84 Å². The molecule has 1 aliphatic rings. The molecule has 0 bridgehead atoms. The number of hydrogen-bond acceptors (Lipinski definition) is 4. The van der Waals surface area contributed by atoms with Crippen LogP contribution >= 0.6 is 0 Å². The maximum Gasteiger partial charge on any atom is 1.00 e. The Morgan fingerprint density at radius 2 is 1.35 bits per heavy atom. The molecule has 0 atom stereocenters. The summed E-state index contributed by atoms with van der Waals surface area (Å²) in [4.78, 5) is 22.5. The van der Waals surface area contributed by atoms with Crippen molar-refractivity contribution in [1.29, 1.82) is 0 Å². The van der Waals surface area contributed by atoms with E-state index >= 15 is 0 Å². The summed E-state index contributed by atoms with van der Waals surface area (Å²) in [6.07, 6.45) is 5.10. The Morgan fingerprint density at radius 3 is 1.70 bits per heavy atom. The third kappa shape index (κ3) is 4.06. The Hall–Kier alpha value is -1.10. The van der Waals surface area contributed by atoms with Crippen LogP contribution in [0.1, 0.15) is 47.1 Å². The molecule has 0 N–H and O–H groups in total. The first-order chi connectivity index (χ1) is 9.91. The van der Waals surface area contributed by atoms with E-state index < -0.39 is 16.6 Å². The molecule has 0 aliphatic carbocycles. The second-order valence-electron chi connectivity index (χ2n) is 7.66. The summed E-state index contributed by atoms with van der Waals surface area (Å²) < 4.78 is 5.99. The first-order valence-corrected chi connectivity index (χ1v) is 7.25. The third-order valence-corrected chi connectivity index (χ3v) is 3.51. The largest absolute Gasteiger partial charge is 1.00 e. The van der Waals surface area contributed by atoms with E-state index in [0.717, 1.165) is 11.5 Å². The van der Waals surface area contributed by atoms with Crippen LogP contribution in [0.2, 0.25) is 0 Å². The zero-order valence-electron chi connectivity index (χ0n) is 14.9. The zero-order chi connectivity index (χ0) is 16.9. The van der Waals surface area contributed by atoms with Crippen molar-refractivity contribution in [2.75, 3.05) is 0 Å². The molecule has 2 rings (SSSR count). The van der Waals surface area contributed by atoms with Gasteiger partial charge in [0.25, 0.3) is 0 Å². The predicted octanol–water partition coefficient (Wildman–Crippen LogP) is -0.366. The van der Waals surface area contributed by atoms with Gasteiger partial charge in [0.05, 0.1) is 0 Å². The van der Waals surface area contributed by atoms with E-state index in [1.165, 1.54) is 6.08 Å². The Morgan fingerprint density at radius 1 is 0.913 bits per heavy atom. The van der Waals surface area contributed by atoms with Crippen LogP contribution in [-0.4, -0.2) is 0 Å². The minimum absolute atomic E-state index is 0. The fraction of sp³-hybridized carbons (Fsp3) is 0.444. The fourth-order valence-electron chi connectivity index (χ4n) is 2.03. The van der Waals surface area contributed by atoms with Crippen LogP contribution in [0.15, 0.2) is 38.8 Å². The van der Waals surface area contributed by atoms with Gasteiger partial charge in [0.1, 0.15) is 11.5 Å². The van der Waals surface area contributed by atoms with E-state index in [0.29, 0.717) is 5.57 Å². The molecule has 0 unspecified atom stereocenters. The minimum Gasteiger partial charge on any atom is -0.869 e. The van der Waals surface area contributed by atoms with Crippen molar-refractivity contribution in [3.63, 3.8) is 0 Å². The van der Waals surface area contributed by atoms with E-state index in [-0.39, 0.29) is 46.0 Å². The topological polar surface area (TPSA) is 66.4 Å². The summed E-state index contributed by atoms with van der Waals surface area (Å²) in [5, 5.41) is 11.5. The van der Waals surface area contributed by atoms with E-state index in [4.69, 9.17) is 4.74 Å². The molecule has 23 heavy (non-hydrogen) atoms. The Labute approximate surface area is 158 Å². The molecular weight excluding hydrogens is 303 g/mol. The van der Waals surface area contributed by atoms with Crippen molar-refractivity contribution in [3.05, 3.63) is 55.3 Å². The summed E-state index contributed by atoms with van der Waals surface area (Å²) in [5.74, 6) is 0.815. The van der Waals surface area contributed by atoms with Gasteiger partial charge in [-0.2, -0.15) is 0 Å². The number of allylic oxidation sites excluding steroid dienone is 5. The Balaban J connectivity index is 0.00000264. The molecule has 0 radical (unpaired) electrons. The number of hydrogen-bond donors (Lipinski definition) is 0. The van der Waals surface area contributed by atoms with Crippen molar-refractivity contribution in [3.8, 4) is 5.75 Å². The summed E-state index contributed by atoms with van der Waals surface area (Å²) in [6.45, 7) is 12.2. The molecule has 1 aromatic rings. The van der Waals surface area contributed by atoms with Gasteiger partial charge >= 0.3 is 29.6 Å². The first kappa shape index (κ1) is 19.9. The maximum atomic E-state index is 11.5. The SMILES string of the molecule is CC(C)(C)C1=CC(=Cc2c([O-])c(=O)c2=O)C=C(C(C)(C)C)O1.[Na+]. The molecule has 1 aromatic carbocycles. The predicted molar refractivity (Wildman–Crippen MR) is 84.9 cm³/mol. The second-order valence-corrected chi connectivity index (χ2v) is 7.66. The molecular formula is C18H21NaO4. The summed E-state index contributed by atoms with van der Waals surface area (Å²) >= 11 is 0. The normalized spacial score (nSPS) is 15.5. The fourth-order valence-corrected chi connectivity index (χ4v) is 2.03. The molecule has 5 heteroatoms. The number of ether oxygens (including phenoxy) is 1. The summed E-state index contributed by atoms with van der Waals surface area (Å²) in [7, 11) is 0. The van der Waals surface area contributed by atoms with Gasteiger partial charge in [-0.3, -0.25) is 9.59 Å². The number of rotatable bonds is 1. The zero-order valence-corrected chi connectivity index (χ0v) is 16.9. The molecule has 0 saturated carbocycles. The van der Waals surface area contributed by atoms with Crippen LogP contribution < -0.4 is 45.5 Å². The van der Waals surface area contributed by atoms with E-state index in [1.807, 2.05) is 53.7 Å². The third-order valence-electron chi connectivity index (χ3n) is 3.51. The molecule has 0 saturated heterocycles. The molecule has 1 aliphatic heterocycles. The van der Waals surface area contributed by atoms with Gasteiger partial charge in [0, 0.05) is 16.4 Å². The van der Waals surface area contributed by atoms with Crippen LogP contribution in [0.3, 0.4) is 0 Å². The molecule has 0 aromatic heterocycles. The molecule has 0 spiro atoms. The molecule has 0 fully saturated rings. The monoisotopic (exact) mass is 324 g/mol. The quantitative estimate of drug-likeness (QED) is 0.522. The first-order valence-electron chi connectivity index (χ1n) is 7.25. The van der Waals surface area contributed by atoms with Crippen LogP contribution in [0, 0.1) is 10.8 Å². The van der Waals surface area contributed by atoms with Crippen LogP contribution in [0.4, 0.5) is 0 Å². The minimum atomic E-state index is -0.932. The maximum absolute atomic E-state index is 11.5. The molecule has 1 heterocycles. The van der Waals surface area contributed by atoms with Gasteiger partial charge in [0.2, 0.25) is 10.9 Å². The summed E-state index contributed by atoms with van der Waals surface area (Å²) in [6, 6.07) is 0. The summed E-state index contributed by atoms with van der Waals surface area (Å²) in [5.41, 5.74) is -1.41. The average Bonchev–Trinajstić information content (AvgIpc) is 2.41. The molecule has 4 nitrogen and oxygen atoms in total. The van der Waals surface area contributed by atoms with Gasteiger partial charge in [-0.1, -0.05) is 41.5 Å². The van der Waals surface area contributed by atoms with Crippen LogP contribution in [0.5, 0.6) is 5.75 Å². The average molecular weight is 324 g/mol. The van der Waals surface area contributed by atoms with Gasteiger partial charge in [-0.15, -0.1) is 0 Å². The van der Waals surface area contributed by atoms with E-state index in [2.05, 4.69) is 0 Å². The van der Waals surface area contributed by atoms with Crippen LogP contribution in [0.25, 0.3) is 6.08 Å². The van der Waals surface area contributed by atoms with Gasteiger partial charge in [0.15, 0.2) is 0 Å². The van der Waals surface area contributed by atoms with Gasteiger partial charge in [-0.05, 0) is 29.6 Å². The molecule has 118 valence electrons. The van der Waals surface area contributed by atoms with Crippen molar-refractivity contribution >= 4 is 6.08 Å².